The van der Waals surface area contributed by atoms with E-state index in [1.807, 2.05) is 19.9 Å². The second-order valence-corrected chi connectivity index (χ2v) is 3.95. The molecule has 0 aliphatic rings. The van der Waals surface area contributed by atoms with Gasteiger partial charge >= 0.3 is 0 Å². The molecular formula is C11H14BrNO. The average Bonchev–Trinajstić information content (AvgIpc) is 2.19. The first kappa shape index (κ1) is 11.2. The number of benzene rings is 1. The number of rotatable bonds is 3. The van der Waals surface area contributed by atoms with Crippen LogP contribution in [0.15, 0.2) is 10.5 Å². The molecule has 2 nitrogen and oxygen atoms in total. The Morgan fingerprint density at radius 2 is 2.07 bits per heavy atom. The van der Waals surface area contributed by atoms with Crippen molar-refractivity contribution >= 4 is 27.9 Å². The molecule has 1 rings (SSSR count). The van der Waals surface area contributed by atoms with E-state index in [9.17, 15) is 4.79 Å². The fourth-order valence-electron chi connectivity index (χ4n) is 1.54. The molecule has 0 atom stereocenters. The van der Waals surface area contributed by atoms with Crippen LogP contribution in [0.4, 0.5) is 5.69 Å². The highest BCUT2D eigenvalue weighted by atomic mass is 79.9. The maximum atomic E-state index is 10.8. The predicted molar refractivity (Wildman–Crippen MR) is 62.7 cm³/mol. The molecule has 0 aliphatic carbocycles. The van der Waals surface area contributed by atoms with Gasteiger partial charge in [-0.2, -0.15) is 0 Å². The molecule has 3 heteroatoms. The van der Waals surface area contributed by atoms with E-state index in [1.54, 1.807) is 0 Å². The third kappa shape index (κ3) is 1.82. The molecule has 0 unspecified atom stereocenters. The second kappa shape index (κ2) is 4.60. The maximum Gasteiger partial charge on any atom is 0.151 e. The van der Waals surface area contributed by atoms with E-state index >= 15 is 0 Å². The molecule has 0 spiro atoms. The summed E-state index contributed by atoms with van der Waals surface area (Å²) in [7, 11) is 0. The number of hydrogen-bond acceptors (Lipinski definition) is 2. The van der Waals surface area contributed by atoms with Gasteiger partial charge in [0.2, 0.25) is 0 Å². The van der Waals surface area contributed by atoms with E-state index in [1.165, 1.54) is 0 Å². The fraction of sp³-hybridized carbons (Fsp3) is 0.364. The third-order valence-electron chi connectivity index (χ3n) is 2.38. The van der Waals surface area contributed by atoms with Gasteiger partial charge in [0.05, 0.1) is 0 Å². The number of nitrogen functional groups attached to an aromatic ring is 1. The van der Waals surface area contributed by atoms with Crippen LogP contribution >= 0.6 is 15.9 Å². The van der Waals surface area contributed by atoms with Crippen LogP contribution in [0, 0.1) is 0 Å². The van der Waals surface area contributed by atoms with Crippen LogP contribution in [0.5, 0.6) is 0 Å². The summed E-state index contributed by atoms with van der Waals surface area (Å²) in [6.07, 6.45) is 2.55. The van der Waals surface area contributed by atoms with E-state index in [0.29, 0.717) is 5.56 Å². The largest absolute Gasteiger partial charge is 0.398 e. The Morgan fingerprint density at radius 3 is 2.50 bits per heavy atom. The molecule has 2 N–H and O–H groups in total. The van der Waals surface area contributed by atoms with E-state index in [0.717, 1.165) is 40.4 Å². The van der Waals surface area contributed by atoms with Gasteiger partial charge in [0.25, 0.3) is 0 Å². The molecule has 1 aromatic carbocycles. The van der Waals surface area contributed by atoms with Gasteiger partial charge in [-0.3, -0.25) is 4.79 Å². The van der Waals surface area contributed by atoms with Crippen LogP contribution in [0.3, 0.4) is 0 Å². The standard InChI is InChI=1S/C11H14BrNO/c1-3-7-5-8(6-14)10(12)9(4-2)11(7)13/h5-6H,3-4,13H2,1-2H3. The molecule has 0 bridgehead atoms. The average molecular weight is 256 g/mol. The topological polar surface area (TPSA) is 43.1 Å². The van der Waals surface area contributed by atoms with Crippen molar-refractivity contribution in [3.8, 4) is 0 Å². The van der Waals surface area contributed by atoms with Crippen molar-refractivity contribution in [2.75, 3.05) is 5.73 Å². The van der Waals surface area contributed by atoms with Crippen LogP contribution < -0.4 is 5.73 Å². The third-order valence-corrected chi connectivity index (χ3v) is 3.32. The van der Waals surface area contributed by atoms with Crippen molar-refractivity contribution in [2.24, 2.45) is 0 Å². The van der Waals surface area contributed by atoms with Crippen LogP contribution in [0.1, 0.15) is 35.3 Å². The normalized spacial score (nSPS) is 10.2. The maximum absolute atomic E-state index is 10.8. The summed E-state index contributed by atoms with van der Waals surface area (Å²) < 4.78 is 0.838. The van der Waals surface area contributed by atoms with E-state index in [2.05, 4.69) is 15.9 Å². The predicted octanol–water partition coefficient (Wildman–Crippen LogP) is 2.97. The van der Waals surface area contributed by atoms with Crippen molar-refractivity contribution in [3.05, 3.63) is 27.2 Å². The molecule has 0 heterocycles. The molecule has 0 fully saturated rings. The summed E-state index contributed by atoms with van der Waals surface area (Å²) in [5, 5.41) is 0. The second-order valence-electron chi connectivity index (χ2n) is 3.16. The summed E-state index contributed by atoms with van der Waals surface area (Å²) in [6.45, 7) is 4.07. The van der Waals surface area contributed by atoms with Gasteiger partial charge in [0, 0.05) is 15.7 Å². The van der Waals surface area contributed by atoms with Gasteiger partial charge in [-0.15, -0.1) is 0 Å². The molecule has 14 heavy (non-hydrogen) atoms. The first-order valence-corrected chi connectivity index (χ1v) is 5.49. The van der Waals surface area contributed by atoms with Crippen molar-refractivity contribution in [1.82, 2.24) is 0 Å². The zero-order valence-corrected chi connectivity index (χ0v) is 10.0. The zero-order valence-electron chi connectivity index (χ0n) is 8.43. The number of carbonyl (C=O) groups is 1. The Bertz CT molecular complexity index is 361. The molecule has 0 saturated carbocycles. The Morgan fingerprint density at radius 1 is 1.43 bits per heavy atom. The van der Waals surface area contributed by atoms with E-state index < -0.39 is 0 Å². The van der Waals surface area contributed by atoms with Gasteiger partial charge in [0.1, 0.15) is 0 Å². The highest BCUT2D eigenvalue weighted by Crippen LogP contribution is 2.30. The first-order valence-electron chi connectivity index (χ1n) is 4.70. The zero-order chi connectivity index (χ0) is 10.7. The lowest BCUT2D eigenvalue weighted by Gasteiger charge is -2.12. The van der Waals surface area contributed by atoms with Crippen molar-refractivity contribution in [2.45, 2.75) is 26.7 Å². The van der Waals surface area contributed by atoms with E-state index in [-0.39, 0.29) is 0 Å². The Balaban J connectivity index is 3.46. The van der Waals surface area contributed by atoms with Crippen molar-refractivity contribution in [3.63, 3.8) is 0 Å². The lowest BCUT2D eigenvalue weighted by atomic mass is 10.00. The molecular weight excluding hydrogens is 242 g/mol. The summed E-state index contributed by atoms with van der Waals surface area (Å²) in [6, 6.07) is 1.85. The highest BCUT2D eigenvalue weighted by molar-refractivity contribution is 9.10. The fourth-order valence-corrected chi connectivity index (χ4v) is 2.24. The minimum absolute atomic E-state index is 0.688. The summed E-state index contributed by atoms with van der Waals surface area (Å²) in [5.41, 5.74) is 9.57. The number of carbonyl (C=O) groups excluding carboxylic acids is 1. The van der Waals surface area contributed by atoms with Gasteiger partial charge in [-0.05, 0) is 46.0 Å². The molecule has 1 aromatic rings. The van der Waals surface area contributed by atoms with Gasteiger partial charge < -0.3 is 5.73 Å². The molecule has 0 radical (unpaired) electrons. The molecule has 0 aromatic heterocycles. The summed E-state index contributed by atoms with van der Waals surface area (Å²) in [4.78, 5) is 10.8. The van der Waals surface area contributed by atoms with Gasteiger partial charge in [0.15, 0.2) is 6.29 Å². The Hall–Kier alpha value is -0.830. The minimum Gasteiger partial charge on any atom is -0.398 e. The Kier molecular flexibility index (Phi) is 3.69. The van der Waals surface area contributed by atoms with Gasteiger partial charge in [-0.25, -0.2) is 0 Å². The SMILES string of the molecule is CCc1cc(C=O)c(Br)c(CC)c1N. The number of hydrogen-bond donors (Lipinski definition) is 1. The number of aldehydes is 1. The number of anilines is 1. The monoisotopic (exact) mass is 255 g/mol. The molecule has 0 amide bonds. The van der Waals surface area contributed by atoms with Crippen LogP contribution in [-0.2, 0) is 12.8 Å². The van der Waals surface area contributed by atoms with E-state index in [4.69, 9.17) is 5.73 Å². The first-order chi connectivity index (χ1) is 6.65. The number of aryl methyl sites for hydroxylation is 1. The molecule has 0 aliphatic heterocycles. The number of halogens is 1. The number of nitrogens with two attached hydrogens (primary N) is 1. The quantitative estimate of drug-likeness (QED) is 0.667. The summed E-state index contributed by atoms with van der Waals surface area (Å²) in [5.74, 6) is 0. The molecule has 76 valence electrons. The lowest BCUT2D eigenvalue weighted by Crippen LogP contribution is -2.02. The van der Waals surface area contributed by atoms with Crippen molar-refractivity contribution < 1.29 is 4.79 Å². The minimum atomic E-state index is 0.688. The van der Waals surface area contributed by atoms with Crippen LogP contribution in [0.2, 0.25) is 0 Å². The summed E-state index contributed by atoms with van der Waals surface area (Å²) >= 11 is 3.40. The van der Waals surface area contributed by atoms with Crippen LogP contribution in [0.25, 0.3) is 0 Å². The van der Waals surface area contributed by atoms with Gasteiger partial charge in [-0.1, -0.05) is 13.8 Å². The van der Waals surface area contributed by atoms with Crippen LogP contribution in [-0.4, -0.2) is 6.29 Å². The lowest BCUT2D eigenvalue weighted by molar-refractivity contribution is 0.112. The smallest absolute Gasteiger partial charge is 0.151 e. The van der Waals surface area contributed by atoms with Crippen molar-refractivity contribution in [1.29, 1.82) is 0 Å². The highest BCUT2D eigenvalue weighted by Gasteiger charge is 2.11. The molecule has 0 saturated heterocycles. The Labute approximate surface area is 92.6 Å².